The number of benzene rings is 1. The van der Waals surface area contributed by atoms with Crippen LogP contribution in [0, 0.1) is 11.3 Å². The molecule has 2 rings (SSSR count). The normalized spacial score (nSPS) is 21.6. The molecule has 1 heterocycles. The third-order valence-electron chi connectivity index (χ3n) is 4.52. The van der Waals surface area contributed by atoms with Crippen molar-refractivity contribution in [3.63, 3.8) is 0 Å². The molecule has 0 amide bonds. The summed E-state index contributed by atoms with van der Waals surface area (Å²) in [4.78, 5) is 2.41. The molecule has 0 saturated carbocycles. The Morgan fingerprint density at radius 2 is 1.85 bits per heavy atom. The van der Waals surface area contributed by atoms with Crippen LogP contribution < -0.4 is 0 Å². The molecule has 2 heteroatoms. The van der Waals surface area contributed by atoms with Gasteiger partial charge in [-0.3, -0.25) is 4.90 Å². The van der Waals surface area contributed by atoms with E-state index in [4.69, 9.17) is 0 Å². The van der Waals surface area contributed by atoms with Crippen molar-refractivity contribution >= 4 is 0 Å². The van der Waals surface area contributed by atoms with E-state index < -0.39 is 0 Å². The number of nitriles is 1. The quantitative estimate of drug-likeness (QED) is 0.797. The van der Waals surface area contributed by atoms with Crippen molar-refractivity contribution in [1.82, 2.24) is 4.90 Å². The Morgan fingerprint density at radius 3 is 2.40 bits per heavy atom. The van der Waals surface area contributed by atoms with Crippen LogP contribution in [0.5, 0.6) is 0 Å². The molecule has 1 fully saturated rings. The lowest BCUT2D eigenvalue weighted by atomic mass is 9.94. The van der Waals surface area contributed by atoms with Crippen LogP contribution >= 0.6 is 0 Å². The molecular weight excluding hydrogens is 244 g/mol. The molecular formula is C18H26N2. The van der Waals surface area contributed by atoms with Gasteiger partial charge < -0.3 is 0 Å². The Bertz CT molecular complexity index is 455. The second-order valence-corrected chi connectivity index (χ2v) is 6.15. The van der Waals surface area contributed by atoms with Crippen molar-refractivity contribution in [2.24, 2.45) is 0 Å². The van der Waals surface area contributed by atoms with Crippen molar-refractivity contribution < 1.29 is 0 Å². The third kappa shape index (κ3) is 3.22. The van der Waals surface area contributed by atoms with E-state index in [1.807, 2.05) is 0 Å². The highest BCUT2D eigenvalue weighted by atomic mass is 15.2. The Balaban J connectivity index is 2.20. The van der Waals surface area contributed by atoms with Gasteiger partial charge in [0.2, 0.25) is 0 Å². The summed E-state index contributed by atoms with van der Waals surface area (Å²) in [6, 6.07) is 11.7. The lowest BCUT2D eigenvalue weighted by Gasteiger charge is -2.38. The van der Waals surface area contributed by atoms with Crippen LogP contribution in [0.15, 0.2) is 24.3 Å². The molecule has 1 aromatic carbocycles. The molecule has 0 spiro atoms. The van der Waals surface area contributed by atoms with Gasteiger partial charge in [-0.15, -0.1) is 0 Å². The minimum Gasteiger partial charge on any atom is -0.281 e. The van der Waals surface area contributed by atoms with E-state index in [1.165, 1.54) is 24.8 Å². The molecule has 2 atom stereocenters. The Kier molecular flexibility index (Phi) is 5.20. The largest absolute Gasteiger partial charge is 0.281 e. The minimum absolute atomic E-state index is 0.0820. The number of rotatable bonds is 4. The van der Waals surface area contributed by atoms with E-state index in [2.05, 4.69) is 56.0 Å². The molecule has 1 saturated heterocycles. The Labute approximate surface area is 123 Å². The topological polar surface area (TPSA) is 27.0 Å². The van der Waals surface area contributed by atoms with Crippen molar-refractivity contribution in [1.29, 1.82) is 5.26 Å². The Hall–Kier alpha value is -1.33. The zero-order chi connectivity index (χ0) is 14.5. The number of hydrogen-bond acceptors (Lipinski definition) is 2. The predicted molar refractivity (Wildman–Crippen MR) is 83.5 cm³/mol. The van der Waals surface area contributed by atoms with E-state index in [0.29, 0.717) is 12.0 Å². The van der Waals surface area contributed by atoms with E-state index in [0.717, 1.165) is 18.5 Å². The van der Waals surface area contributed by atoms with Gasteiger partial charge in [0.25, 0.3) is 0 Å². The molecule has 2 nitrogen and oxygen atoms in total. The number of likely N-dealkylation sites (tertiary alicyclic amines) is 1. The van der Waals surface area contributed by atoms with E-state index in [-0.39, 0.29) is 6.04 Å². The summed E-state index contributed by atoms with van der Waals surface area (Å²) in [5.41, 5.74) is 2.49. The second-order valence-electron chi connectivity index (χ2n) is 6.15. The molecule has 0 N–H and O–H groups in total. The molecule has 0 radical (unpaired) electrons. The second kappa shape index (κ2) is 6.90. The van der Waals surface area contributed by atoms with Crippen LogP contribution in [-0.4, -0.2) is 17.5 Å². The Morgan fingerprint density at radius 1 is 1.20 bits per heavy atom. The maximum absolute atomic E-state index is 9.63. The van der Waals surface area contributed by atoms with Gasteiger partial charge in [-0.05, 0) is 36.3 Å². The van der Waals surface area contributed by atoms with Crippen LogP contribution in [-0.2, 0) is 0 Å². The lowest BCUT2D eigenvalue weighted by molar-refractivity contribution is 0.117. The summed E-state index contributed by atoms with van der Waals surface area (Å²) in [5.74, 6) is 0.544. The zero-order valence-corrected chi connectivity index (χ0v) is 13.0. The highest BCUT2D eigenvalue weighted by molar-refractivity contribution is 5.30. The highest BCUT2D eigenvalue weighted by Crippen LogP contribution is 2.30. The first kappa shape index (κ1) is 15.1. The van der Waals surface area contributed by atoms with Crippen molar-refractivity contribution in [3.05, 3.63) is 35.4 Å². The first-order valence-corrected chi connectivity index (χ1v) is 7.92. The number of nitrogens with zero attached hydrogens (tertiary/aromatic N) is 2. The zero-order valence-electron chi connectivity index (χ0n) is 13.0. The van der Waals surface area contributed by atoms with Crippen LogP contribution in [0.3, 0.4) is 0 Å². The first-order chi connectivity index (χ1) is 9.67. The summed E-state index contributed by atoms with van der Waals surface area (Å²) in [5, 5.41) is 9.63. The lowest BCUT2D eigenvalue weighted by Crippen LogP contribution is -2.41. The van der Waals surface area contributed by atoms with E-state index >= 15 is 0 Å². The van der Waals surface area contributed by atoms with E-state index in [1.54, 1.807) is 0 Å². The third-order valence-corrected chi connectivity index (χ3v) is 4.52. The fourth-order valence-electron chi connectivity index (χ4n) is 3.20. The summed E-state index contributed by atoms with van der Waals surface area (Å²) >= 11 is 0. The number of piperidine rings is 1. The van der Waals surface area contributed by atoms with Crippen molar-refractivity contribution in [3.8, 4) is 6.07 Å². The SMILES string of the molecule is CCC1CCCCN1C(C#N)c1ccc(C(C)C)cc1. The molecule has 108 valence electrons. The van der Waals surface area contributed by atoms with Gasteiger partial charge in [-0.25, -0.2) is 0 Å². The smallest absolute Gasteiger partial charge is 0.124 e. The van der Waals surface area contributed by atoms with Crippen molar-refractivity contribution in [2.45, 2.75) is 64.5 Å². The van der Waals surface area contributed by atoms with Crippen molar-refractivity contribution in [2.75, 3.05) is 6.54 Å². The average Bonchev–Trinajstić information content (AvgIpc) is 2.49. The van der Waals surface area contributed by atoms with Gasteiger partial charge >= 0.3 is 0 Å². The van der Waals surface area contributed by atoms with Crippen LogP contribution in [0.1, 0.15) is 69.5 Å². The van der Waals surface area contributed by atoms with Crippen LogP contribution in [0.2, 0.25) is 0 Å². The fourth-order valence-corrected chi connectivity index (χ4v) is 3.20. The van der Waals surface area contributed by atoms with Gasteiger partial charge in [0.15, 0.2) is 0 Å². The monoisotopic (exact) mass is 270 g/mol. The first-order valence-electron chi connectivity index (χ1n) is 7.92. The summed E-state index contributed by atoms with van der Waals surface area (Å²) < 4.78 is 0. The molecule has 20 heavy (non-hydrogen) atoms. The highest BCUT2D eigenvalue weighted by Gasteiger charge is 2.28. The summed E-state index contributed by atoms with van der Waals surface area (Å²) in [6.07, 6.45) is 4.90. The summed E-state index contributed by atoms with van der Waals surface area (Å²) in [7, 11) is 0. The maximum atomic E-state index is 9.63. The van der Waals surface area contributed by atoms with Gasteiger partial charge in [0.1, 0.15) is 6.04 Å². The van der Waals surface area contributed by atoms with E-state index in [9.17, 15) is 5.26 Å². The van der Waals surface area contributed by atoms with Gasteiger partial charge in [-0.1, -0.05) is 51.5 Å². The maximum Gasteiger partial charge on any atom is 0.124 e. The predicted octanol–water partition coefficient (Wildman–Crippen LogP) is 4.64. The fraction of sp³-hybridized carbons (Fsp3) is 0.611. The molecule has 0 bridgehead atoms. The van der Waals surface area contributed by atoms with Gasteiger partial charge in [-0.2, -0.15) is 5.26 Å². The summed E-state index contributed by atoms with van der Waals surface area (Å²) in [6.45, 7) is 7.70. The molecule has 1 aliphatic heterocycles. The average molecular weight is 270 g/mol. The molecule has 0 aliphatic carbocycles. The van der Waals surface area contributed by atoms with Gasteiger partial charge in [0.05, 0.1) is 6.07 Å². The molecule has 2 unspecified atom stereocenters. The van der Waals surface area contributed by atoms with Crippen LogP contribution in [0.4, 0.5) is 0 Å². The molecule has 1 aromatic rings. The van der Waals surface area contributed by atoms with Crippen LogP contribution in [0.25, 0.3) is 0 Å². The van der Waals surface area contributed by atoms with Gasteiger partial charge in [0, 0.05) is 12.6 Å². The number of hydrogen-bond donors (Lipinski definition) is 0. The molecule has 0 aromatic heterocycles. The molecule has 1 aliphatic rings. The standard InChI is InChI=1S/C18H26N2/c1-4-17-7-5-6-12-20(17)18(13-19)16-10-8-15(9-11-16)14(2)3/h8-11,14,17-18H,4-7,12H2,1-3H3. The minimum atomic E-state index is -0.0820.